The summed E-state index contributed by atoms with van der Waals surface area (Å²) in [5.41, 5.74) is 8.45. The molecule has 32 heavy (non-hydrogen) atoms. The fourth-order valence-corrected chi connectivity index (χ4v) is 3.97. The van der Waals surface area contributed by atoms with Gasteiger partial charge < -0.3 is 10.5 Å². The number of halogens is 2. The van der Waals surface area contributed by atoms with E-state index in [1.54, 1.807) is 13.0 Å². The first-order valence-corrected chi connectivity index (χ1v) is 11.1. The summed E-state index contributed by atoms with van der Waals surface area (Å²) in [5, 5.41) is 4.50. The number of fused-ring (bicyclic) bond motifs is 1. The van der Waals surface area contributed by atoms with Crippen molar-refractivity contribution in [3.63, 3.8) is 0 Å². The fraction of sp³-hybridized carbons (Fsp3) is 0.440. The van der Waals surface area contributed by atoms with Gasteiger partial charge in [-0.3, -0.25) is 4.79 Å². The van der Waals surface area contributed by atoms with Gasteiger partial charge in [0.2, 0.25) is 5.88 Å². The van der Waals surface area contributed by atoms with E-state index in [0.29, 0.717) is 41.9 Å². The van der Waals surface area contributed by atoms with Gasteiger partial charge >= 0.3 is 0 Å². The van der Waals surface area contributed by atoms with Crippen LogP contribution in [-0.4, -0.2) is 20.9 Å². The lowest BCUT2D eigenvalue weighted by Gasteiger charge is -2.23. The van der Waals surface area contributed by atoms with E-state index in [1.165, 1.54) is 22.7 Å². The largest absolute Gasteiger partial charge is 0.473 e. The number of hydrogen-bond acceptors (Lipinski definition) is 4. The zero-order valence-electron chi connectivity index (χ0n) is 19.2. The average molecular weight is 444 g/mol. The molecule has 5 nitrogen and oxygen atoms in total. The molecule has 0 saturated carbocycles. The van der Waals surface area contributed by atoms with Gasteiger partial charge in [0.1, 0.15) is 18.2 Å². The SMILES string of the molecule is CCCC(C)(N)CCC(=O)c1c(C)nn2c(OCc3c(F)cccc3F)cc(CC)cc12. The van der Waals surface area contributed by atoms with Crippen molar-refractivity contribution in [1.29, 1.82) is 0 Å². The first-order chi connectivity index (χ1) is 15.2. The molecule has 0 spiro atoms. The van der Waals surface area contributed by atoms with Crippen molar-refractivity contribution in [3.05, 3.63) is 64.4 Å². The summed E-state index contributed by atoms with van der Waals surface area (Å²) >= 11 is 0. The third-order valence-electron chi connectivity index (χ3n) is 5.79. The lowest BCUT2D eigenvalue weighted by atomic mass is 9.89. The quantitative estimate of drug-likeness (QED) is 0.418. The number of carbonyl (C=O) groups excluding carboxylic acids is 1. The summed E-state index contributed by atoms with van der Waals surface area (Å²) in [7, 11) is 0. The highest BCUT2D eigenvalue weighted by atomic mass is 19.1. The van der Waals surface area contributed by atoms with E-state index in [2.05, 4.69) is 12.0 Å². The first-order valence-electron chi connectivity index (χ1n) is 11.1. The van der Waals surface area contributed by atoms with Gasteiger partial charge in [-0.15, -0.1) is 0 Å². The zero-order chi connectivity index (χ0) is 23.5. The van der Waals surface area contributed by atoms with Gasteiger partial charge in [0, 0.05) is 18.0 Å². The maximum Gasteiger partial charge on any atom is 0.215 e. The monoisotopic (exact) mass is 443 g/mol. The number of nitrogens with two attached hydrogens (primary N) is 1. The number of pyridine rings is 1. The van der Waals surface area contributed by atoms with Crippen LogP contribution in [-0.2, 0) is 13.0 Å². The summed E-state index contributed by atoms with van der Waals surface area (Å²) < 4.78 is 35.4. The summed E-state index contributed by atoms with van der Waals surface area (Å²) in [5.74, 6) is -1.03. The molecule has 0 fully saturated rings. The number of aromatic nitrogens is 2. The van der Waals surface area contributed by atoms with Crippen LogP contribution >= 0.6 is 0 Å². The van der Waals surface area contributed by atoms with E-state index < -0.39 is 17.2 Å². The van der Waals surface area contributed by atoms with Crippen LogP contribution < -0.4 is 10.5 Å². The van der Waals surface area contributed by atoms with Crippen molar-refractivity contribution in [3.8, 4) is 5.88 Å². The molecule has 1 unspecified atom stereocenters. The molecule has 2 aromatic heterocycles. The Kier molecular flexibility index (Phi) is 7.29. The molecule has 172 valence electrons. The predicted molar refractivity (Wildman–Crippen MR) is 121 cm³/mol. The van der Waals surface area contributed by atoms with E-state index >= 15 is 0 Å². The highest BCUT2D eigenvalue weighted by molar-refractivity contribution is 6.03. The van der Waals surface area contributed by atoms with Crippen molar-refractivity contribution in [2.75, 3.05) is 0 Å². The molecular formula is C25H31F2N3O2. The van der Waals surface area contributed by atoms with Gasteiger partial charge in [0.25, 0.3) is 0 Å². The average Bonchev–Trinajstić information content (AvgIpc) is 3.07. The predicted octanol–water partition coefficient (Wildman–Crippen LogP) is 5.54. The Hall–Kier alpha value is -2.80. The van der Waals surface area contributed by atoms with E-state index in [1.807, 2.05) is 19.9 Å². The number of hydrogen-bond donors (Lipinski definition) is 1. The second kappa shape index (κ2) is 9.77. The Balaban J connectivity index is 1.94. The maximum absolute atomic E-state index is 14.0. The second-order valence-electron chi connectivity index (χ2n) is 8.63. The minimum atomic E-state index is -0.669. The molecule has 0 aliphatic carbocycles. The Labute approximate surface area is 187 Å². The highest BCUT2D eigenvalue weighted by Crippen LogP contribution is 2.27. The van der Waals surface area contributed by atoms with Gasteiger partial charge in [0.05, 0.1) is 22.3 Å². The summed E-state index contributed by atoms with van der Waals surface area (Å²) in [6, 6.07) is 7.39. The van der Waals surface area contributed by atoms with Crippen LogP contribution in [0.2, 0.25) is 0 Å². The minimum absolute atomic E-state index is 0.0235. The highest BCUT2D eigenvalue weighted by Gasteiger charge is 2.24. The van der Waals surface area contributed by atoms with E-state index in [9.17, 15) is 13.6 Å². The van der Waals surface area contributed by atoms with Crippen molar-refractivity contribution < 1.29 is 18.3 Å². The fourth-order valence-electron chi connectivity index (χ4n) is 3.97. The Morgan fingerprint density at radius 3 is 2.50 bits per heavy atom. The number of ketones is 1. The molecule has 0 saturated heterocycles. The van der Waals surface area contributed by atoms with Gasteiger partial charge in [-0.05, 0) is 56.9 Å². The Morgan fingerprint density at radius 1 is 1.19 bits per heavy atom. The number of benzene rings is 1. The van der Waals surface area contributed by atoms with E-state index in [0.717, 1.165) is 18.4 Å². The van der Waals surface area contributed by atoms with Crippen molar-refractivity contribution >= 4 is 11.3 Å². The molecule has 0 aliphatic heterocycles. The third-order valence-corrected chi connectivity index (χ3v) is 5.79. The molecule has 3 rings (SSSR count). The van der Waals surface area contributed by atoms with Gasteiger partial charge in [-0.2, -0.15) is 5.10 Å². The number of ether oxygens (including phenoxy) is 1. The van der Waals surface area contributed by atoms with Gasteiger partial charge in [-0.25, -0.2) is 13.3 Å². The van der Waals surface area contributed by atoms with Crippen LogP contribution in [0.3, 0.4) is 0 Å². The number of aryl methyl sites for hydroxylation is 2. The smallest absolute Gasteiger partial charge is 0.215 e. The van der Waals surface area contributed by atoms with E-state index in [-0.39, 0.29) is 18.0 Å². The summed E-state index contributed by atoms with van der Waals surface area (Å²) in [6.07, 6.45) is 3.41. The van der Waals surface area contributed by atoms with Crippen molar-refractivity contribution in [1.82, 2.24) is 9.61 Å². The normalized spacial score (nSPS) is 13.3. The van der Waals surface area contributed by atoms with Crippen LogP contribution in [0.25, 0.3) is 5.52 Å². The maximum atomic E-state index is 14.0. The summed E-state index contributed by atoms with van der Waals surface area (Å²) in [6.45, 7) is 7.52. The molecule has 0 aliphatic rings. The second-order valence-corrected chi connectivity index (χ2v) is 8.63. The molecule has 7 heteroatoms. The van der Waals surface area contributed by atoms with Crippen LogP contribution in [0.15, 0.2) is 30.3 Å². The van der Waals surface area contributed by atoms with Crippen LogP contribution in [0.1, 0.15) is 73.6 Å². The molecule has 2 heterocycles. The third kappa shape index (κ3) is 5.15. The molecule has 3 aromatic rings. The molecule has 1 atom stereocenters. The zero-order valence-corrected chi connectivity index (χ0v) is 19.2. The van der Waals surface area contributed by atoms with Crippen molar-refractivity contribution in [2.24, 2.45) is 5.73 Å². The van der Waals surface area contributed by atoms with Crippen molar-refractivity contribution in [2.45, 2.75) is 71.9 Å². The number of nitrogens with zero attached hydrogens (tertiary/aromatic N) is 2. The molecular weight excluding hydrogens is 412 g/mol. The lowest BCUT2D eigenvalue weighted by Crippen LogP contribution is -2.36. The molecule has 0 amide bonds. The Bertz CT molecular complexity index is 1100. The van der Waals surface area contributed by atoms with Gasteiger partial charge in [0.15, 0.2) is 5.78 Å². The topological polar surface area (TPSA) is 69.6 Å². The number of carbonyl (C=O) groups is 1. The van der Waals surface area contributed by atoms with Crippen LogP contribution in [0, 0.1) is 18.6 Å². The summed E-state index contributed by atoms with van der Waals surface area (Å²) in [4.78, 5) is 13.1. The number of Topliss-reactive ketones (excluding diaryl/α,β-unsaturated/α-hetero) is 1. The standard InChI is InChI=1S/C25H31F2N3O2/c1-5-11-25(4,28)12-10-22(31)24-16(3)29-30-21(24)13-17(6-2)14-23(30)32-15-18-19(26)8-7-9-20(18)27/h7-9,13-14H,5-6,10-12,15,28H2,1-4H3. The minimum Gasteiger partial charge on any atom is -0.473 e. The molecule has 1 aromatic carbocycles. The number of rotatable bonds is 10. The van der Waals surface area contributed by atoms with Crippen LogP contribution in [0.4, 0.5) is 8.78 Å². The molecule has 0 radical (unpaired) electrons. The van der Waals surface area contributed by atoms with Crippen LogP contribution in [0.5, 0.6) is 5.88 Å². The molecule has 2 N–H and O–H groups in total. The Morgan fingerprint density at radius 2 is 1.88 bits per heavy atom. The van der Waals surface area contributed by atoms with Gasteiger partial charge in [-0.1, -0.05) is 26.3 Å². The molecule has 0 bridgehead atoms. The van der Waals surface area contributed by atoms with E-state index in [4.69, 9.17) is 10.5 Å². The lowest BCUT2D eigenvalue weighted by molar-refractivity contribution is 0.0971. The first kappa shape index (κ1) is 23.9.